The van der Waals surface area contributed by atoms with Crippen LogP contribution in [0.3, 0.4) is 0 Å². The van der Waals surface area contributed by atoms with E-state index in [1.165, 1.54) is 81.3 Å². The van der Waals surface area contributed by atoms with Crippen molar-refractivity contribution in [3.63, 3.8) is 0 Å². The van der Waals surface area contributed by atoms with Crippen molar-refractivity contribution >= 4 is 70.4 Å². The van der Waals surface area contributed by atoms with Gasteiger partial charge in [-0.3, -0.25) is 0 Å². The molecular weight excluding hydrogens is 565 g/mol. The van der Waals surface area contributed by atoms with Gasteiger partial charge in [0.2, 0.25) is 0 Å². The highest BCUT2D eigenvalue weighted by atomic mass is 32.1. The number of para-hydroxylation sites is 3. The molecule has 1 aliphatic heterocycles. The standard InChI is InChI=1S/C42H26N2S/c1-3-12-27(13-4-1)29-24-30(28-14-5-2-6-15-28)26-31(25-29)43-34-18-8-9-19-35(34)44-36-22-23-39-41(32-16-7-10-21-38(32)45-39)40(36)33-17-11-20-37(43)42(33)44/h1-26H. The number of thiophene rings is 1. The quantitative estimate of drug-likeness (QED) is 0.199. The predicted octanol–water partition coefficient (Wildman–Crippen LogP) is 12.3. The zero-order valence-corrected chi connectivity index (χ0v) is 25.1. The van der Waals surface area contributed by atoms with Crippen molar-refractivity contribution < 1.29 is 0 Å². The summed E-state index contributed by atoms with van der Waals surface area (Å²) in [5.74, 6) is 0. The van der Waals surface area contributed by atoms with Gasteiger partial charge in [-0.2, -0.15) is 0 Å². The van der Waals surface area contributed by atoms with E-state index in [0.717, 1.165) is 5.69 Å². The van der Waals surface area contributed by atoms with Crippen molar-refractivity contribution in [3.05, 3.63) is 158 Å². The van der Waals surface area contributed by atoms with E-state index < -0.39 is 0 Å². The van der Waals surface area contributed by atoms with Gasteiger partial charge in [0.1, 0.15) is 0 Å². The van der Waals surface area contributed by atoms with Crippen LogP contribution in [0.4, 0.5) is 17.1 Å². The normalized spacial score (nSPS) is 12.4. The molecule has 7 aromatic carbocycles. The van der Waals surface area contributed by atoms with Crippen LogP contribution in [0.5, 0.6) is 0 Å². The smallest absolute Gasteiger partial charge is 0.0783 e. The van der Waals surface area contributed by atoms with Gasteiger partial charge in [-0.25, -0.2) is 0 Å². The summed E-state index contributed by atoms with van der Waals surface area (Å²) in [6.45, 7) is 0. The fourth-order valence-corrected chi connectivity index (χ4v) is 8.48. The van der Waals surface area contributed by atoms with Crippen LogP contribution in [-0.2, 0) is 0 Å². The largest absolute Gasteiger partial charge is 0.306 e. The summed E-state index contributed by atoms with van der Waals surface area (Å²) >= 11 is 1.88. The first kappa shape index (κ1) is 24.8. The summed E-state index contributed by atoms with van der Waals surface area (Å²) in [6, 6.07) is 57.6. The lowest BCUT2D eigenvalue weighted by Gasteiger charge is -2.33. The zero-order valence-electron chi connectivity index (χ0n) is 24.3. The molecule has 0 fully saturated rings. The number of aromatic nitrogens is 1. The Morgan fingerprint density at radius 2 is 1.02 bits per heavy atom. The molecule has 1 aliphatic rings. The molecule has 3 heterocycles. The summed E-state index contributed by atoms with van der Waals surface area (Å²) in [6.07, 6.45) is 0. The van der Waals surface area contributed by atoms with Crippen LogP contribution in [0, 0.1) is 0 Å². The molecule has 0 saturated heterocycles. The van der Waals surface area contributed by atoms with E-state index >= 15 is 0 Å². The van der Waals surface area contributed by atoms with Crippen LogP contribution in [0.1, 0.15) is 0 Å². The summed E-state index contributed by atoms with van der Waals surface area (Å²) in [4.78, 5) is 2.47. The zero-order chi connectivity index (χ0) is 29.5. The highest BCUT2D eigenvalue weighted by Crippen LogP contribution is 2.52. The molecule has 0 unspecified atom stereocenters. The summed E-state index contributed by atoms with van der Waals surface area (Å²) in [7, 11) is 0. The van der Waals surface area contributed by atoms with Gasteiger partial charge in [-0.1, -0.05) is 103 Å². The highest BCUT2D eigenvalue weighted by molar-refractivity contribution is 7.26. The number of benzene rings is 7. The third-order valence-corrected chi connectivity index (χ3v) is 10.4. The second-order valence-electron chi connectivity index (χ2n) is 11.8. The van der Waals surface area contributed by atoms with E-state index in [1.807, 2.05) is 11.3 Å². The number of anilines is 3. The molecule has 45 heavy (non-hydrogen) atoms. The highest BCUT2D eigenvalue weighted by Gasteiger charge is 2.29. The maximum atomic E-state index is 2.50. The van der Waals surface area contributed by atoms with Crippen molar-refractivity contribution in [2.75, 3.05) is 4.90 Å². The second kappa shape index (κ2) is 9.43. The second-order valence-corrected chi connectivity index (χ2v) is 12.8. The molecule has 0 amide bonds. The molecule has 0 saturated carbocycles. The van der Waals surface area contributed by atoms with Gasteiger partial charge >= 0.3 is 0 Å². The molecule has 210 valence electrons. The molecule has 3 heteroatoms. The Labute approximate surface area is 264 Å². The fourth-order valence-electron chi connectivity index (χ4n) is 7.37. The summed E-state index contributed by atoms with van der Waals surface area (Å²) in [5, 5.41) is 5.32. The maximum Gasteiger partial charge on any atom is 0.0783 e. The molecule has 10 rings (SSSR count). The average molecular weight is 591 g/mol. The van der Waals surface area contributed by atoms with Crippen molar-refractivity contribution in [1.29, 1.82) is 0 Å². The number of rotatable bonds is 3. The van der Waals surface area contributed by atoms with E-state index in [-0.39, 0.29) is 0 Å². The minimum absolute atomic E-state index is 1.15. The van der Waals surface area contributed by atoms with E-state index in [0.29, 0.717) is 0 Å². The monoisotopic (exact) mass is 590 g/mol. The van der Waals surface area contributed by atoms with Crippen LogP contribution >= 0.6 is 11.3 Å². The molecule has 0 radical (unpaired) electrons. The Morgan fingerprint density at radius 1 is 0.400 bits per heavy atom. The minimum Gasteiger partial charge on any atom is -0.306 e. The first-order valence-electron chi connectivity index (χ1n) is 15.4. The van der Waals surface area contributed by atoms with Gasteiger partial charge in [0.15, 0.2) is 0 Å². The Hall–Kier alpha value is -5.64. The average Bonchev–Trinajstić information content (AvgIpc) is 3.66. The van der Waals surface area contributed by atoms with Crippen LogP contribution in [-0.4, -0.2) is 4.57 Å². The summed E-state index contributed by atoms with van der Waals surface area (Å²) < 4.78 is 5.16. The molecule has 9 aromatic rings. The SMILES string of the molecule is c1ccc(-c2cc(-c3ccccc3)cc(N3c4ccccc4-n4c5ccc6sc7ccccc7c6c5c5cccc3c54)c2)cc1. The number of fused-ring (bicyclic) bond motifs is 9. The molecule has 0 atom stereocenters. The van der Waals surface area contributed by atoms with Gasteiger partial charge in [-0.15, -0.1) is 11.3 Å². The van der Waals surface area contributed by atoms with Crippen LogP contribution in [0.15, 0.2) is 158 Å². The van der Waals surface area contributed by atoms with Crippen molar-refractivity contribution in [2.24, 2.45) is 0 Å². The lowest BCUT2D eigenvalue weighted by atomic mass is 9.97. The first-order valence-corrected chi connectivity index (χ1v) is 16.2. The molecule has 0 aliphatic carbocycles. The molecule has 2 aromatic heterocycles. The van der Waals surface area contributed by atoms with Crippen LogP contribution in [0.25, 0.3) is 69.9 Å². The molecule has 0 spiro atoms. The van der Waals surface area contributed by atoms with Gasteiger partial charge in [0, 0.05) is 36.6 Å². The minimum atomic E-state index is 1.15. The predicted molar refractivity (Wildman–Crippen MR) is 193 cm³/mol. The van der Waals surface area contributed by atoms with Crippen LogP contribution in [0.2, 0.25) is 0 Å². The Bertz CT molecular complexity index is 2530. The van der Waals surface area contributed by atoms with E-state index in [1.54, 1.807) is 0 Å². The van der Waals surface area contributed by atoms with E-state index in [4.69, 9.17) is 0 Å². The van der Waals surface area contributed by atoms with Crippen molar-refractivity contribution in [1.82, 2.24) is 4.57 Å². The molecular formula is C42H26N2S. The topological polar surface area (TPSA) is 8.17 Å². The first-order chi connectivity index (χ1) is 22.3. The molecule has 2 nitrogen and oxygen atoms in total. The fraction of sp³-hybridized carbons (Fsp3) is 0. The molecule has 0 N–H and O–H groups in total. The van der Waals surface area contributed by atoms with Gasteiger partial charge in [-0.05, 0) is 76.9 Å². The van der Waals surface area contributed by atoms with Gasteiger partial charge < -0.3 is 9.47 Å². The Kier molecular flexibility index (Phi) is 5.19. The maximum absolute atomic E-state index is 2.50. The third-order valence-electron chi connectivity index (χ3n) is 9.26. The van der Waals surface area contributed by atoms with Crippen molar-refractivity contribution in [2.45, 2.75) is 0 Å². The van der Waals surface area contributed by atoms with E-state index in [9.17, 15) is 0 Å². The van der Waals surface area contributed by atoms with E-state index in [2.05, 4.69) is 167 Å². The lowest BCUT2D eigenvalue weighted by molar-refractivity contribution is 1.11. The number of hydrogen-bond donors (Lipinski definition) is 0. The number of nitrogens with zero attached hydrogens (tertiary/aromatic N) is 2. The number of hydrogen-bond acceptors (Lipinski definition) is 2. The Morgan fingerprint density at radius 3 is 1.78 bits per heavy atom. The van der Waals surface area contributed by atoms with Crippen LogP contribution < -0.4 is 4.90 Å². The Balaban J connectivity index is 1.32. The summed E-state index contributed by atoms with van der Waals surface area (Å²) in [5.41, 5.74) is 12.0. The lowest BCUT2D eigenvalue weighted by Crippen LogP contribution is -2.18. The van der Waals surface area contributed by atoms with Gasteiger partial charge in [0.25, 0.3) is 0 Å². The molecule has 0 bridgehead atoms. The van der Waals surface area contributed by atoms with Crippen molar-refractivity contribution in [3.8, 4) is 27.9 Å². The third kappa shape index (κ3) is 3.56. The van der Waals surface area contributed by atoms with Gasteiger partial charge in [0.05, 0.1) is 28.1 Å².